The number of hydrogen-bond donors (Lipinski definition) is 1. The molecule has 2 N–H and O–H groups in total. The van der Waals surface area contributed by atoms with Crippen LogP contribution in [-0.2, 0) is 6.54 Å². The third kappa shape index (κ3) is 8.77. The van der Waals surface area contributed by atoms with E-state index in [1.807, 2.05) is 11.9 Å². The Morgan fingerprint density at radius 3 is 2.03 bits per heavy atom. The van der Waals surface area contributed by atoms with Crippen LogP contribution in [0.4, 0.5) is 10.1 Å². The molecule has 0 spiro atoms. The van der Waals surface area contributed by atoms with Gasteiger partial charge in [-0.05, 0) is 0 Å². The average molecular weight is 579 g/mol. The Hall–Kier alpha value is -0.721. The molecule has 0 fully saturated rings. The van der Waals surface area contributed by atoms with Crippen molar-refractivity contribution in [1.82, 2.24) is 4.90 Å². The summed E-state index contributed by atoms with van der Waals surface area (Å²) >= 11 is -0.722. The summed E-state index contributed by atoms with van der Waals surface area (Å²) in [4.78, 5) is 4.38. The standard InChI is InChI=1S/C16H18FN2S.3C4H9.Sn/c1-19(11-10-17)12-13-6-2-4-8-15(13)20-16-9-5-3-7-14(16)18;3*1-3-4-2;/h2,4-9H,10-12,18H2,1H3;3*1,3-4H2,2H3;. The van der Waals surface area contributed by atoms with Crippen LogP contribution >= 0.6 is 11.8 Å². The second-order valence-corrected chi connectivity index (χ2v) is 23.8. The number of nitrogens with two attached hydrogens (primary N) is 1. The second-order valence-electron chi connectivity index (χ2n) is 9.48. The van der Waals surface area contributed by atoms with Crippen molar-refractivity contribution >= 4 is 39.4 Å². The summed E-state index contributed by atoms with van der Waals surface area (Å²) in [5, 5.41) is 0. The van der Waals surface area contributed by atoms with Gasteiger partial charge in [0.15, 0.2) is 0 Å². The molecule has 0 aliphatic carbocycles. The summed E-state index contributed by atoms with van der Waals surface area (Å²) in [5.74, 6) is 0. The van der Waals surface area contributed by atoms with Crippen LogP contribution < -0.4 is 9.31 Å². The fourth-order valence-corrected chi connectivity index (χ4v) is 21.7. The van der Waals surface area contributed by atoms with Crippen LogP contribution in [0.3, 0.4) is 0 Å². The number of alkyl halides is 1. The van der Waals surface area contributed by atoms with Gasteiger partial charge in [-0.1, -0.05) is 0 Å². The average Bonchev–Trinajstić information content (AvgIpc) is 2.81. The summed E-state index contributed by atoms with van der Waals surface area (Å²) in [7, 11) is 1.97. The summed E-state index contributed by atoms with van der Waals surface area (Å²) in [6.07, 6.45) is 7.94. The Morgan fingerprint density at radius 2 is 1.48 bits per heavy atom. The van der Waals surface area contributed by atoms with Crippen molar-refractivity contribution in [3.8, 4) is 0 Å². The Morgan fingerprint density at radius 1 is 0.879 bits per heavy atom. The number of nitrogen functional groups attached to an aromatic ring is 1. The van der Waals surface area contributed by atoms with Gasteiger partial charge in [0.1, 0.15) is 0 Å². The van der Waals surface area contributed by atoms with Gasteiger partial charge in [-0.15, -0.1) is 0 Å². The molecule has 0 unspecified atom stereocenters. The van der Waals surface area contributed by atoms with Gasteiger partial charge < -0.3 is 0 Å². The second kappa shape index (κ2) is 15.3. The summed E-state index contributed by atoms with van der Waals surface area (Å²) < 4.78 is 18.8. The first kappa shape index (κ1) is 28.5. The normalized spacial score (nSPS) is 11.9. The van der Waals surface area contributed by atoms with E-state index in [0.29, 0.717) is 6.54 Å². The molecule has 2 rings (SSSR count). The van der Waals surface area contributed by atoms with E-state index in [1.54, 1.807) is 15.3 Å². The first-order chi connectivity index (χ1) is 16.0. The van der Waals surface area contributed by atoms with Gasteiger partial charge in [0.25, 0.3) is 0 Å². The molecule has 0 amide bonds. The summed E-state index contributed by atoms with van der Waals surface area (Å²) in [6, 6.07) is 15.5. The quantitative estimate of drug-likeness (QED) is 0.162. The number of hydrogen-bond acceptors (Lipinski definition) is 3. The van der Waals surface area contributed by atoms with E-state index in [1.165, 1.54) is 62.3 Å². The van der Waals surface area contributed by atoms with Crippen LogP contribution in [0.25, 0.3) is 0 Å². The zero-order valence-corrected chi connectivity index (χ0v) is 25.0. The van der Waals surface area contributed by atoms with E-state index >= 15 is 0 Å². The molecule has 0 radical (unpaired) electrons. The molecule has 0 saturated heterocycles. The van der Waals surface area contributed by atoms with Gasteiger partial charge in [-0.2, -0.15) is 0 Å². The Bertz CT molecular complexity index is 808. The Labute approximate surface area is 210 Å². The monoisotopic (exact) mass is 580 g/mol. The number of rotatable bonds is 16. The fourth-order valence-electron chi connectivity index (χ4n) is 4.69. The molecule has 5 heteroatoms. The van der Waals surface area contributed by atoms with Gasteiger partial charge >= 0.3 is 212 Å². The van der Waals surface area contributed by atoms with Gasteiger partial charge in [-0.25, -0.2) is 0 Å². The molecule has 2 nitrogen and oxygen atoms in total. The van der Waals surface area contributed by atoms with Crippen LogP contribution in [-0.4, -0.2) is 43.5 Å². The van der Waals surface area contributed by atoms with Crippen LogP contribution in [0.2, 0.25) is 13.3 Å². The fraction of sp³-hybridized carbons (Fsp3) is 0.571. The molecule has 184 valence electrons. The van der Waals surface area contributed by atoms with Crippen molar-refractivity contribution in [1.29, 1.82) is 0 Å². The van der Waals surface area contributed by atoms with Gasteiger partial charge in [0.05, 0.1) is 0 Å². The van der Waals surface area contributed by atoms with Crippen molar-refractivity contribution in [3.63, 3.8) is 0 Å². The number of nitrogens with zero attached hydrogens (tertiary/aromatic N) is 1. The number of anilines is 1. The topological polar surface area (TPSA) is 29.3 Å². The maximum atomic E-state index is 12.8. The zero-order valence-electron chi connectivity index (χ0n) is 21.3. The van der Waals surface area contributed by atoms with Crippen LogP contribution in [0, 0.1) is 0 Å². The molecule has 2 aromatic carbocycles. The third-order valence-corrected chi connectivity index (χ3v) is 23.6. The first-order valence-electron chi connectivity index (χ1n) is 12.9. The van der Waals surface area contributed by atoms with Crippen LogP contribution in [0.5, 0.6) is 0 Å². The molecule has 33 heavy (non-hydrogen) atoms. The number of unbranched alkanes of at least 4 members (excludes halogenated alkanes) is 3. The molecular weight excluding hydrogens is 534 g/mol. The van der Waals surface area contributed by atoms with Crippen molar-refractivity contribution in [2.24, 2.45) is 0 Å². The number of halogens is 1. The molecule has 0 atom stereocenters. The minimum atomic E-state index is -2.47. The van der Waals surface area contributed by atoms with E-state index in [4.69, 9.17) is 5.73 Å². The Kier molecular flexibility index (Phi) is 13.2. The Balaban J connectivity index is 2.32. The predicted octanol–water partition coefficient (Wildman–Crippen LogP) is 7.88. The van der Waals surface area contributed by atoms with Gasteiger partial charge in [-0.3, -0.25) is 0 Å². The van der Waals surface area contributed by atoms with Crippen molar-refractivity contribution < 1.29 is 4.39 Å². The molecule has 0 aromatic heterocycles. The van der Waals surface area contributed by atoms with E-state index < -0.39 is 18.4 Å². The maximum absolute atomic E-state index is 12.8. The summed E-state index contributed by atoms with van der Waals surface area (Å²) in [6.45, 7) is 7.86. The van der Waals surface area contributed by atoms with Crippen LogP contribution in [0.15, 0.2) is 52.3 Å². The minimum absolute atomic E-state index is 0.318. The SMILES string of the molecule is CCC[CH2][Sn]([CH2]CCC)([CH2]CCC)[c]1ccc(Sc2ccccc2CN(C)CCF)c(N)c1. The van der Waals surface area contributed by atoms with E-state index in [2.05, 4.69) is 63.2 Å². The molecule has 2 aromatic rings. The summed E-state index contributed by atoms with van der Waals surface area (Å²) in [5.41, 5.74) is 8.86. The zero-order chi connectivity index (χ0) is 24.1. The molecule has 0 aliphatic heterocycles. The van der Waals surface area contributed by atoms with Crippen LogP contribution in [0.1, 0.15) is 64.9 Å². The first-order valence-corrected chi connectivity index (χ1v) is 21.2. The molecule has 0 bridgehead atoms. The third-order valence-electron chi connectivity index (χ3n) is 6.75. The molecule has 0 saturated carbocycles. The van der Waals surface area contributed by atoms with E-state index in [9.17, 15) is 4.39 Å². The van der Waals surface area contributed by atoms with Gasteiger partial charge in [0.2, 0.25) is 0 Å². The molecular formula is C28H45FN2SSn. The van der Waals surface area contributed by atoms with E-state index in [0.717, 1.165) is 17.1 Å². The molecule has 0 heterocycles. The predicted molar refractivity (Wildman–Crippen MR) is 148 cm³/mol. The van der Waals surface area contributed by atoms with Crippen molar-refractivity contribution in [3.05, 3.63) is 48.0 Å². The van der Waals surface area contributed by atoms with Crippen molar-refractivity contribution in [2.75, 3.05) is 26.0 Å². The molecule has 0 aliphatic rings. The van der Waals surface area contributed by atoms with E-state index in [-0.39, 0.29) is 6.67 Å². The van der Waals surface area contributed by atoms with Crippen molar-refractivity contribution in [2.45, 2.75) is 88.9 Å². The van der Waals surface area contributed by atoms with Gasteiger partial charge in [0, 0.05) is 0 Å². The number of benzene rings is 2.